The summed E-state index contributed by atoms with van der Waals surface area (Å²) >= 11 is 0. The second-order valence-corrected chi connectivity index (χ2v) is 9.73. The Morgan fingerprint density at radius 2 is 1.82 bits per heavy atom. The number of ether oxygens (including phenoxy) is 2. The monoisotopic (exact) mass is 488 g/mol. The number of hydrogen-bond donors (Lipinski definition) is 1. The van der Waals surface area contributed by atoms with E-state index in [-0.39, 0.29) is 48.2 Å². The third-order valence-corrected chi connectivity index (χ3v) is 7.13. The van der Waals surface area contributed by atoms with Crippen molar-refractivity contribution in [1.29, 1.82) is 0 Å². The number of aryl methyl sites for hydroxylation is 1. The first-order chi connectivity index (χ1) is 16.1. The molecular formula is C25H28O8S. The molecule has 1 heterocycles. The molecule has 0 bridgehead atoms. The van der Waals surface area contributed by atoms with Gasteiger partial charge in [-0.3, -0.25) is 4.79 Å². The Morgan fingerprint density at radius 3 is 2.44 bits per heavy atom. The maximum absolute atomic E-state index is 13.1. The van der Waals surface area contributed by atoms with E-state index in [1.807, 2.05) is 19.9 Å². The molecule has 2 aromatic carbocycles. The zero-order valence-electron chi connectivity index (χ0n) is 19.6. The molecule has 34 heavy (non-hydrogen) atoms. The van der Waals surface area contributed by atoms with Crippen molar-refractivity contribution in [3.05, 3.63) is 69.3 Å². The van der Waals surface area contributed by atoms with Gasteiger partial charge in [0.25, 0.3) is 0 Å². The standard InChI is InChI=1S/C25H28O8S/c1-15-5-9-18(10-6-15)34(29,30)33-24-19(11-7-16(2)8-12-22(27)31-4)20(13-26)17(3)21-14-32-25(28)23(21)24/h5-7,9-10,26H,8,11-14H2,1-4H3/b16-7+. The van der Waals surface area contributed by atoms with Crippen LogP contribution in [0.1, 0.15) is 57.9 Å². The average Bonchev–Trinajstić information content (AvgIpc) is 3.20. The van der Waals surface area contributed by atoms with E-state index in [4.69, 9.17) is 8.92 Å². The van der Waals surface area contributed by atoms with Crippen LogP contribution in [0.2, 0.25) is 0 Å². The molecule has 2 aromatic rings. The summed E-state index contributed by atoms with van der Waals surface area (Å²) < 4.78 is 41.6. The van der Waals surface area contributed by atoms with E-state index in [0.29, 0.717) is 28.7 Å². The van der Waals surface area contributed by atoms with Crippen LogP contribution in [0.15, 0.2) is 40.8 Å². The number of benzene rings is 2. The number of hydrogen-bond acceptors (Lipinski definition) is 8. The highest BCUT2D eigenvalue weighted by Crippen LogP contribution is 2.40. The van der Waals surface area contributed by atoms with Gasteiger partial charge in [0.05, 0.1) is 13.7 Å². The van der Waals surface area contributed by atoms with Gasteiger partial charge in [0.1, 0.15) is 17.1 Å². The first-order valence-electron chi connectivity index (χ1n) is 10.8. The molecule has 0 amide bonds. The summed E-state index contributed by atoms with van der Waals surface area (Å²) in [5.74, 6) is -1.15. The number of aliphatic hydroxyl groups is 1. The Kier molecular flexibility index (Phi) is 7.78. The van der Waals surface area contributed by atoms with E-state index >= 15 is 0 Å². The van der Waals surface area contributed by atoms with Gasteiger partial charge in [-0.25, -0.2) is 4.79 Å². The van der Waals surface area contributed by atoms with Crippen molar-refractivity contribution in [2.45, 2.75) is 58.1 Å². The molecule has 8 nitrogen and oxygen atoms in total. The molecular weight excluding hydrogens is 460 g/mol. The van der Waals surface area contributed by atoms with Gasteiger partial charge in [0, 0.05) is 17.5 Å². The molecule has 1 N–H and O–H groups in total. The molecule has 3 rings (SSSR count). The topological polar surface area (TPSA) is 116 Å². The molecule has 0 aliphatic carbocycles. The lowest BCUT2D eigenvalue weighted by molar-refractivity contribution is -0.140. The van der Waals surface area contributed by atoms with Gasteiger partial charge >= 0.3 is 22.1 Å². The van der Waals surface area contributed by atoms with Crippen LogP contribution in [0.4, 0.5) is 0 Å². The molecule has 0 spiro atoms. The van der Waals surface area contributed by atoms with E-state index in [0.717, 1.165) is 11.1 Å². The molecule has 182 valence electrons. The smallest absolute Gasteiger partial charge is 0.342 e. The molecule has 0 aromatic heterocycles. The second-order valence-electron chi connectivity index (χ2n) is 8.18. The van der Waals surface area contributed by atoms with Crippen LogP contribution in [-0.2, 0) is 44.0 Å². The highest BCUT2D eigenvalue weighted by molar-refractivity contribution is 7.87. The van der Waals surface area contributed by atoms with E-state index in [1.54, 1.807) is 19.1 Å². The molecule has 0 radical (unpaired) electrons. The van der Waals surface area contributed by atoms with E-state index < -0.39 is 16.1 Å². The first kappa shape index (κ1) is 25.5. The molecule has 1 aliphatic heterocycles. The number of fused-ring (bicyclic) bond motifs is 1. The predicted octanol–water partition coefficient (Wildman–Crippen LogP) is 3.68. The Balaban J connectivity index is 2.10. The van der Waals surface area contributed by atoms with Crippen molar-refractivity contribution >= 4 is 22.1 Å². The Labute approximate surface area is 199 Å². The Morgan fingerprint density at radius 1 is 1.15 bits per heavy atom. The van der Waals surface area contributed by atoms with Gasteiger partial charge < -0.3 is 18.8 Å². The second kappa shape index (κ2) is 10.4. The number of carbonyl (C=O) groups excluding carboxylic acids is 2. The van der Waals surface area contributed by atoms with Crippen molar-refractivity contribution in [3.8, 4) is 5.75 Å². The maximum Gasteiger partial charge on any atom is 0.342 e. The third-order valence-electron chi connectivity index (χ3n) is 5.89. The van der Waals surface area contributed by atoms with Gasteiger partial charge in [-0.1, -0.05) is 29.3 Å². The lowest BCUT2D eigenvalue weighted by Crippen LogP contribution is -2.16. The molecule has 0 fully saturated rings. The molecule has 0 saturated carbocycles. The van der Waals surface area contributed by atoms with E-state index in [9.17, 15) is 23.1 Å². The summed E-state index contributed by atoms with van der Waals surface area (Å²) in [6.07, 6.45) is 2.65. The number of carbonyl (C=O) groups is 2. The summed E-state index contributed by atoms with van der Waals surface area (Å²) in [6.45, 7) is 5.02. The third kappa shape index (κ3) is 5.31. The van der Waals surface area contributed by atoms with Crippen LogP contribution in [0.25, 0.3) is 0 Å². The SMILES string of the molecule is COC(=O)CC/C(C)=C/Cc1c(CO)c(C)c2c(c1OS(=O)(=O)c1ccc(C)cc1)C(=O)OC2. The summed E-state index contributed by atoms with van der Waals surface area (Å²) in [6, 6.07) is 6.16. The van der Waals surface area contributed by atoms with Gasteiger partial charge in [-0.15, -0.1) is 0 Å². The fraction of sp³-hybridized carbons (Fsp3) is 0.360. The van der Waals surface area contributed by atoms with Crippen molar-refractivity contribution in [2.24, 2.45) is 0 Å². The van der Waals surface area contributed by atoms with Gasteiger partial charge in [-0.05, 0) is 56.9 Å². The van der Waals surface area contributed by atoms with Crippen LogP contribution in [0.5, 0.6) is 5.75 Å². The fourth-order valence-corrected chi connectivity index (χ4v) is 4.76. The highest BCUT2D eigenvalue weighted by Gasteiger charge is 2.34. The first-order valence-corrected chi connectivity index (χ1v) is 12.2. The molecule has 0 atom stereocenters. The van der Waals surface area contributed by atoms with Crippen LogP contribution in [0.3, 0.4) is 0 Å². The van der Waals surface area contributed by atoms with Crippen molar-refractivity contribution in [3.63, 3.8) is 0 Å². The minimum absolute atomic E-state index is 0.0256. The van der Waals surface area contributed by atoms with Crippen molar-refractivity contribution in [2.75, 3.05) is 7.11 Å². The average molecular weight is 489 g/mol. The molecule has 1 aliphatic rings. The number of allylic oxidation sites excluding steroid dienone is 2. The zero-order valence-corrected chi connectivity index (χ0v) is 20.5. The van der Waals surface area contributed by atoms with E-state index in [1.165, 1.54) is 19.2 Å². The number of aliphatic hydroxyl groups excluding tert-OH is 1. The lowest BCUT2D eigenvalue weighted by atomic mass is 9.90. The van der Waals surface area contributed by atoms with Crippen LogP contribution in [0, 0.1) is 13.8 Å². The molecule has 0 saturated heterocycles. The number of rotatable bonds is 9. The molecule has 0 unspecified atom stereocenters. The highest BCUT2D eigenvalue weighted by atomic mass is 32.2. The quantitative estimate of drug-likeness (QED) is 0.323. The van der Waals surface area contributed by atoms with Crippen LogP contribution >= 0.6 is 0 Å². The number of esters is 2. The predicted molar refractivity (Wildman–Crippen MR) is 124 cm³/mol. The Hall–Kier alpha value is -3.17. The normalized spacial score (nSPS) is 13.4. The Bertz CT molecular complexity index is 1240. The van der Waals surface area contributed by atoms with Gasteiger partial charge in [0.15, 0.2) is 5.75 Å². The summed E-state index contributed by atoms with van der Waals surface area (Å²) in [7, 11) is -2.95. The maximum atomic E-state index is 13.1. The summed E-state index contributed by atoms with van der Waals surface area (Å²) in [5, 5.41) is 10.1. The zero-order chi connectivity index (χ0) is 25.0. The van der Waals surface area contributed by atoms with E-state index in [2.05, 4.69) is 4.74 Å². The fourth-order valence-electron chi connectivity index (χ4n) is 3.79. The van der Waals surface area contributed by atoms with Crippen molar-refractivity contribution < 1.29 is 36.8 Å². The number of cyclic esters (lactones) is 1. The molecule has 9 heteroatoms. The van der Waals surface area contributed by atoms with Crippen LogP contribution in [-0.4, -0.2) is 32.6 Å². The summed E-state index contributed by atoms with van der Waals surface area (Å²) in [5.41, 5.74) is 3.81. The number of methoxy groups -OCH3 is 1. The summed E-state index contributed by atoms with van der Waals surface area (Å²) in [4.78, 5) is 24.0. The van der Waals surface area contributed by atoms with Gasteiger partial charge in [-0.2, -0.15) is 8.42 Å². The van der Waals surface area contributed by atoms with Crippen molar-refractivity contribution in [1.82, 2.24) is 0 Å². The lowest BCUT2D eigenvalue weighted by Gasteiger charge is -2.19. The minimum atomic E-state index is -4.27. The largest absolute Gasteiger partial charge is 0.469 e. The van der Waals surface area contributed by atoms with Gasteiger partial charge in [0.2, 0.25) is 0 Å². The minimum Gasteiger partial charge on any atom is -0.469 e. The van der Waals surface area contributed by atoms with Crippen LogP contribution < -0.4 is 4.18 Å².